The number of carbonyl (C=O) groups excluding carboxylic acids is 3. The molecule has 0 bridgehead atoms. The second-order valence-electron chi connectivity index (χ2n) is 7.19. The van der Waals surface area contributed by atoms with Gasteiger partial charge in [-0.3, -0.25) is 9.59 Å². The zero-order valence-corrected chi connectivity index (χ0v) is 17.0. The summed E-state index contributed by atoms with van der Waals surface area (Å²) in [5, 5.41) is 2.91. The van der Waals surface area contributed by atoms with E-state index in [0.717, 1.165) is 5.69 Å². The first-order chi connectivity index (χ1) is 15.1. The standard InChI is InChI=1S/C23H23N3O5/c27-19-15-30-22(24-17-7-3-1-4-8-17)21(19)23(29)31-16-20(28)26-13-11-25(12-14-26)18-9-5-2-6-10-18/h1-10,24H,11-16H2. The molecular formula is C23H23N3O5. The van der Waals surface area contributed by atoms with Crippen LogP contribution >= 0.6 is 0 Å². The van der Waals surface area contributed by atoms with Crippen LogP contribution in [0.4, 0.5) is 11.4 Å². The lowest BCUT2D eigenvalue weighted by molar-refractivity contribution is -0.149. The topological polar surface area (TPSA) is 88.2 Å². The van der Waals surface area contributed by atoms with Crippen molar-refractivity contribution in [3.63, 3.8) is 0 Å². The largest absolute Gasteiger partial charge is 0.470 e. The first-order valence-corrected chi connectivity index (χ1v) is 10.1. The Hall–Kier alpha value is -3.81. The molecule has 1 saturated heterocycles. The van der Waals surface area contributed by atoms with Gasteiger partial charge in [0.1, 0.15) is 0 Å². The molecule has 2 aliphatic rings. The Balaban J connectivity index is 1.31. The number of Topliss-reactive ketones (excluding diaryl/α,β-unsaturated/α-hetero) is 1. The number of benzene rings is 2. The molecule has 0 saturated carbocycles. The summed E-state index contributed by atoms with van der Waals surface area (Å²) in [7, 11) is 0. The Morgan fingerprint density at radius 1 is 0.935 bits per heavy atom. The van der Waals surface area contributed by atoms with E-state index in [4.69, 9.17) is 9.47 Å². The van der Waals surface area contributed by atoms with Crippen LogP contribution in [0.3, 0.4) is 0 Å². The van der Waals surface area contributed by atoms with Crippen LogP contribution in [0.5, 0.6) is 0 Å². The smallest absolute Gasteiger partial charge is 0.347 e. The highest BCUT2D eigenvalue weighted by molar-refractivity contribution is 6.20. The van der Waals surface area contributed by atoms with Crippen LogP contribution in [0.1, 0.15) is 0 Å². The lowest BCUT2D eigenvalue weighted by Gasteiger charge is -2.36. The van der Waals surface area contributed by atoms with Gasteiger partial charge in [-0.25, -0.2) is 4.79 Å². The predicted molar refractivity (Wildman–Crippen MR) is 114 cm³/mol. The molecule has 0 aliphatic carbocycles. The number of nitrogens with one attached hydrogen (secondary N) is 1. The number of ether oxygens (including phenoxy) is 2. The van der Waals surface area contributed by atoms with Gasteiger partial charge in [0, 0.05) is 37.6 Å². The maximum atomic E-state index is 12.5. The number of nitrogens with zero attached hydrogens (tertiary/aromatic N) is 2. The highest BCUT2D eigenvalue weighted by atomic mass is 16.5. The zero-order chi connectivity index (χ0) is 21.6. The van der Waals surface area contributed by atoms with Gasteiger partial charge in [-0.05, 0) is 24.3 Å². The molecule has 1 fully saturated rings. The molecule has 160 valence electrons. The molecule has 0 unspecified atom stereocenters. The maximum Gasteiger partial charge on any atom is 0.347 e. The van der Waals surface area contributed by atoms with Gasteiger partial charge < -0.3 is 24.6 Å². The highest BCUT2D eigenvalue weighted by Crippen LogP contribution is 2.21. The van der Waals surface area contributed by atoms with E-state index >= 15 is 0 Å². The van der Waals surface area contributed by atoms with Gasteiger partial charge in [-0.15, -0.1) is 0 Å². The van der Waals surface area contributed by atoms with Gasteiger partial charge in [0.05, 0.1) is 0 Å². The fraction of sp³-hybridized carbons (Fsp3) is 0.261. The third kappa shape index (κ3) is 4.85. The third-order valence-corrected chi connectivity index (χ3v) is 5.17. The van der Waals surface area contributed by atoms with E-state index < -0.39 is 18.4 Å². The Bertz CT molecular complexity index is 983. The van der Waals surface area contributed by atoms with Crippen LogP contribution in [0.15, 0.2) is 72.1 Å². The number of piperazine rings is 1. The molecule has 0 atom stereocenters. The van der Waals surface area contributed by atoms with Crippen molar-refractivity contribution in [2.24, 2.45) is 0 Å². The van der Waals surface area contributed by atoms with Crippen molar-refractivity contribution in [1.82, 2.24) is 4.90 Å². The first-order valence-electron chi connectivity index (χ1n) is 10.1. The van der Waals surface area contributed by atoms with Gasteiger partial charge in [0.2, 0.25) is 11.7 Å². The molecule has 8 nitrogen and oxygen atoms in total. The SMILES string of the molecule is O=C1COC(Nc2ccccc2)=C1C(=O)OCC(=O)N1CCN(c2ccccc2)CC1. The molecule has 8 heteroatoms. The van der Waals surface area contributed by atoms with E-state index in [2.05, 4.69) is 10.2 Å². The van der Waals surface area contributed by atoms with Crippen LogP contribution in [0, 0.1) is 0 Å². The van der Waals surface area contributed by atoms with Crippen molar-refractivity contribution >= 4 is 29.0 Å². The lowest BCUT2D eigenvalue weighted by Crippen LogP contribution is -2.50. The van der Waals surface area contributed by atoms with Crippen LogP contribution in [-0.4, -0.2) is 62.0 Å². The summed E-state index contributed by atoms with van der Waals surface area (Å²) in [6, 6.07) is 19.0. The minimum atomic E-state index is -0.864. The van der Waals surface area contributed by atoms with E-state index in [1.54, 1.807) is 17.0 Å². The number of hydrogen-bond acceptors (Lipinski definition) is 7. The molecule has 1 amide bonds. The molecule has 2 aromatic rings. The number of amides is 1. The summed E-state index contributed by atoms with van der Waals surface area (Å²) in [6.45, 7) is 1.82. The number of esters is 1. The maximum absolute atomic E-state index is 12.5. The number of ketones is 1. The summed E-state index contributed by atoms with van der Waals surface area (Å²) in [5.41, 5.74) is 1.58. The number of para-hydroxylation sites is 2. The summed E-state index contributed by atoms with van der Waals surface area (Å²) in [6.07, 6.45) is 0. The van der Waals surface area contributed by atoms with E-state index in [-0.39, 0.29) is 24.0 Å². The number of anilines is 2. The normalized spacial score (nSPS) is 16.2. The monoisotopic (exact) mass is 421 g/mol. The van der Waals surface area contributed by atoms with Gasteiger partial charge >= 0.3 is 5.97 Å². The summed E-state index contributed by atoms with van der Waals surface area (Å²) >= 11 is 0. The van der Waals surface area contributed by atoms with Crippen LogP contribution < -0.4 is 10.2 Å². The summed E-state index contributed by atoms with van der Waals surface area (Å²) < 4.78 is 10.4. The van der Waals surface area contributed by atoms with Gasteiger partial charge in [0.25, 0.3) is 5.91 Å². The molecule has 0 radical (unpaired) electrons. The van der Waals surface area contributed by atoms with Gasteiger partial charge in [0.15, 0.2) is 18.8 Å². The Kier molecular flexibility index (Phi) is 6.16. The number of carbonyl (C=O) groups is 3. The molecule has 2 heterocycles. The highest BCUT2D eigenvalue weighted by Gasteiger charge is 2.33. The average Bonchev–Trinajstić information content (AvgIpc) is 3.18. The second-order valence-corrected chi connectivity index (χ2v) is 7.19. The van der Waals surface area contributed by atoms with Crippen molar-refractivity contribution < 1.29 is 23.9 Å². The van der Waals surface area contributed by atoms with E-state index in [1.807, 2.05) is 48.5 Å². The molecule has 2 aliphatic heterocycles. The third-order valence-electron chi connectivity index (χ3n) is 5.17. The summed E-state index contributed by atoms with van der Waals surface area (Å²) in [4.78, 5) is 41.0. The Labute approximate surface area is 180 Å². The lowest BCUT2D eigenvalue weighted by atomic mass is 10.2. The van der Waals surface area contributed by atoms with Crippen molar-refractivity contribution in [3.8, 4) is 0 Å². The molecule has 0 aromatic heterocycles. The Morgan fingerprint density at radius 3 is 2.26 bits per heavy atom. The average molecular weight is 421 g/mol. The zero-order valence-electron chi connectivity index (χ0n) is 17.0. The molecule has 1 N–H and O–H groups in total. The molecule has 4 rings (SSSR count). The fourth-order valence-corrected chi connectivity index (χ4v) is 3.51. The van der Waals surface area contributed by atoms with E-state index in [1.165, 1.54) is 0 Å². The van der Waals surface area contributed by atoms with Crippen LogP contribution in [0.2, 0.25) is 0 Å². The molecule has 0 spiro atoms. The Morgan fingerprint density at radius 2 is 1.58 bits per heavy atom. The van der Waals surface area contributed by atoms with Crippen molar-refractivity contribution in [3.05, 3.63) is 72.1 Å². The van der Waals surface area contributed by atoms with E-state index in [0.29, 0.717) is 31.9 Å². The number of rotatable bonds is 6. The molecular weight excluding hydrogens is 398 g/mol. The van der Waals surface area contributed by atoms with Crippen molar-refractivity contribution in [1.29, 1.82) is 0 Å². The molecule has 2 aromatic carbocycles. The van der Waals surface area contributed by atoms with Crippen molar-refractivity contribution in [2.75, 3.05) is 49.6 Å². The quantitative estimate of drug-likeness (QED) is 0.562. The fourth-order valence-electron chi connectivity index (χ4n) is 3.51. The van der Waals surface area contributed by atoms with Crippen molar-refractivity contribution in [2.45, 2.75) is 0 Å². The van der Waals surface area contributed by atoms with Crippen LogP contribution in [0.25, 0.3) is 0 Å². The first kappa shape index (κ1) is 20.5. The molecule has 31 heavy (non-hydrogen) atoms. The minimum Gasteiger partial charge on any atom is -0.470 e. The van der Waals surface area contributed by atoms with Gasteiger partial charge in [-0.2, -0.15) is 0 Å². The summed E-state index contributed by atoms with van der Waals surface area (Å²) in [5.74, 6) is -1.58. The van der Waals surface area contributed by atoms with E-state index in [9.17, 15) is 14.4 Å². The minimum absolute atomic E-state index is 0.0464. The number of hydrogen-bond donors (Lipinski definition) is 1. The van der Waals surface area contributed by atoms with Crippen LogP contribution in [-0.2, 0) is 23.9 Å². The van der Waals surface area contributed by atoms with Gasteiger partial charge in [-0.1, -0.05) is 36.4 Å². The predicted octanol–water partition coefficient (Wildman–Crippen LogP) is 1.80. The second kappa shape index (κ2) is 9.34.